The van der Waals surface area contributed by atoms with Crippen molar-refractivity contribution in [2.24, 2.45) is 0 Å². The zero-order chi connectivity index (χ0) is 22.5. The average molecular weight is 466 g/mol. The van der Waals surface area contributed by atoms with E-state index in [-0.39, 0.29) is 32.1 Å². The number of hydrogen-bond acceptors (Lipinski definition) is 5. The predicted molar refractivity (Wildman–Crippen MR) is 115 cm³/mol. The molecule has 0 unspecified atom stereocenters. The largest absolute Gasteiger partial charge is 0.335 e. The molecular weight excluding hydrogens is 444 g/mol. The van der Waals surface area contributed by atoms with Gasteiger partial charge in [0, 0.05) is 37.3 Å². The molecular formula is C21H21F2N3O3S2. The Labute approximate surface area is 183 Å². The number of benzene rings is 1. The number of hydrogen-bond donors (Lipinski definition) is 0. The smallest absolute Gasteiger partial charge is 0.264 e. The van der Waals surface area contributed by atoms with Gasteiger partial charge in [-0.05, 0) is 50.1 Å². The summed E-state index contributed by atoms with van der Waals surface area (Å²) in [5, 5.41) is 0.968. The number of carbonyl (C=O) groups excluding carboxylic acids is 1. The van der Waals surface area contributed by atoms with Gasteiger partial charge in [-0.25, -0.2) is 22.2 Å². The third-order valence-corrected chi connectivity index (χ3v) is 8.59. The molecule has 0 bridgehead atoms. The first kappa shape index (κ1) is 21.8. The van der Waals surface area contributed by atoms with Crippen LogP contribution in [0.5, 0.6) is 0 Å². The minimum absolute atomic E-state index is 0.0395. The molecule has 1 aromatic carbocycles. The van der Waals surface area contributed by atoms with Crippen molar-refractivity contribution >= 4 is 37.5 Å². The standard InChI is InChI=1S/C21H21F2N3O3S2/c1-12-11-13(2)24-20-17(12)14(3)18(30-20)21(27)25-7-9-26(10-8-25)31(28,29)19-15(22)5-4-6-16(19)23/h4-6,11H,7-10H2,1-3H3. The van der Waals surface area contributed by atoms with E-state index in [2.05, 4.69) is 4.98 Å². The molecule has 0 spiro atoms. The Morgan fingerprint density at radius 1 is 1.06 bits per heavy atom. The molecule has 0 radical (unpaired) electrons. The summed E-state index contributed by atoms with van der Waals surface area (Å²) in [6, 6.07) is 4.92. The zero-order valence-corrected chi connectivity index (χ0v) is 18.9. The zero-order valence-electron chi connectivity index (χ0n) is 17.3. The number of nitrogens with zero attached hydrogens (tertiary/aromatic N) is 3. The first-order valence-electron chi connectivity index (χ1n) is 9.72. The minimum atomic E-state index is -4.34. The number of fused-ring (bicyclic) bond motifs is 1. The van der Waals surface area contributed by atoms with Crippen molar-refractivity contribution in [3.05, 3.63) is 57.6 Å². The molecule has 3 heterocycles. The molecule has 0 saturated carbocycles. The summed E-state index contributed by atoms with van der Waals surface area (Å²) in [6.07, 6.45) is 0. The number of sulfonamides is 1. The second-order valence-corrected chi connectivity index (χ2v) is 10.4. The predicted octanol–water partition coefficient (Wildman–Crippen LogP) is 3.65. The van der Waals surface area contributed by atoms with Crippen LogP contribution < -0.4 is 0 Å². The van der Waals surface area contributed by atoms with Crippen LogP contribution in [0, 0.1) is 32.4 Å². The van der Waals surface area contributed by atoms with Crippen LogP contribution in [0.15, 0.2) is 29.2 Å². The highest BCUT2D eigenvalue weighted by atomic mass is 32.2. The first-order valence-corrected chi connectivity index (χ1v) is 12.0. The topological polar surface area (TPSA) is 70.6 Å². The summed E-state index contributed by atoms with van der Waals surface area (Å²) < 4.78 is 54.6. The lowest BCUT2D eigenvalue weighted by Gasteiger charge is -2.34. The number of thiophene rings is 1. The maximum absolute atomic E-state index is 14.0. The van der Waals surface area contributed by atoms with E-state index >= 15 is 0 Å². The molecule has 164 valence electrons. The van der Waals surface area contributed by atoms with Gasteiger partial charge in [-0.1, -0.05) is 6.07 Å². The summed E-state index contributed by atoms with van der Waals surface area (Å²) in [5.41, 5.74) is 2.79. The van der Waals surface area contributed by atoms with Crippen molar-refractivity contribution in [3.8, 4) is 0 Å². The van der Waals surface area contributed by atoms with Crippen molar-refractivity contribution in [3.63, 3.8) is 0 Å². The van der Waals surface area contributed by atoms with E-state index in [1.165, 1.54) is 11.3 Å². The molecule has 0 aliphatic carbocycles. The highest BCUT2D eigenvalue weighted by molar-refractivity contribution is 7.89. The van der Waals surface area contributed by atoms with Gasteiger partial charge < -0.3 is 4.90 Å². The summed E-state index contributed by atoms with van der Waals surface area (Å²) in [7, 11) is -4.34. The second-order valence-electron chi connectivity index (χ2n) is 7.56. The van der Waals surface area contributed by atoms with Gasteiger partial charge in [0.1, 0.15) is 16.5 Å². The van der Waals surface area contributed by atoms with Crippen LogP contribution in [0.25, 0.3) is 10.2 Å². The van der Waals surface area contributed by atoms with Gasteiger partial charge >= 0.3 is 0 Å². The molecule has 0 atom stereocenters. The lowest BCUT2D eigenvalue weighted by molar-refractivity contribution is 0.0702. The van der Waals surface area contributed by atoms with E-state index < -0.39 is 26.6 Å². The number of amides is 1. The van der Waals surface area contributed by atoms with Gasteiger partial charge in [-0.2, -0.15) is 4.31 Å². The Bertz CT molecular complexity index is 1280. The van der Waals surface area contributed by atoms with Crippen LogP contribution in [0.1, 0.15) is 26.5 Å². The molecule has 31 heavy (non-hydrogen) atoms. The number of aromatic nitrogens is 1. The fourth-order valence-corrected chi connectivity index (χ4v) is 6.76. The first-order chi connectivity index (χ1) is 14.6. The Morgan fingerprint density at radius 2 is 1.68 bits per heavy atom. The van der Waals surface area contributed by atoms with E-state index in [1.54, 1.807) is 4.90 Å². The Balaban J connectivity index is 1.56. The molecule has 1 fully saturated rings. The van der Waals surface area contributed by atoms with E-state index in [0.29, 0.717) is 4.88 Å². The number of carbonyl (C=O) groups is 1. The van der Waals surface area contributed by atoms with Crippen LogP contribution in [-0.4, -0.2) is 54.7 Å². The van der Waals surface area contributed by atoms with E-state index in [0.717, 1.165) is 49.5 Å². The Hall–Kier alpha value is -2.43. The number of rotatable bonds is 3. The SMILES string of the molecule is Cc1cc(C)c2c(C)c(C(=O)N3CCN(S(=O)(=O)c4c(F)cccc4F)CC3)sc2n1. The lowest BCUT2D eigenvalue weighted by atomic mass is 10.1. The number of piperazine rings is 1. The third-order valence-electron chi connectivity index (χ3n) is 5.46. The fraction of sp³-hybridized carbons (Fsp3) is 0.333. The molecule has 1 amide bonds. The number of halogens is 2. The second kappa shape index (κ2) is 7.92. The summed E-state index contributed by atoms with van der Waals surface area (Å²) in [4.78, 5) is 19.7. The van der Waals surface area contributed by atoms with Gasteiger partial charge in [-0.15, -0.1) is 11.3 Å². The molecule has 0 N–H and O–H groups in total. The fourth-order valence-electron chi connectivity index (χ4n) is 3.96. The van der Waals surface area contributed by atoms with Crippen LogP contribution in [0.4, 0.5) is 8.78 Å². The van der Waals surface area contributed by atoms with E-state index in [1.807, 2.05) is 26.8 Å². The van der Waals surface area contributed by atoms with Gasteiger partial charge in [0.2, 0.25) is 10.0 Å². The normalized spacial score (nSPS) is 15.6. The highest BCUT2D eigenvalue weighted by Gasteiger charge is 2.35. The van der Waals surface area contributed by atoms with Crippen molar-refractivity contribution in [2.75, 3.05) is 26.2 Å². The Morgan fingerprint density at radius 3 is 2.29 bits per heavy atom. The van der Waals surface area contributed by atoms with Crippen LogP contribution in [-0.2, 0) is 10.0 Å². The third kappa shape index (κ3) is 3.72. The van der Waals surface area contributed by atoms with Crippen LogP contribution in [0.2, 0.25) is 0 Å². The van der Waals surface area contributed by atoms with Crippen molar-refractivity contribution in [1.29, 1.82) is 0 Å². The average Bonchev–Trinajstić information content (AvgIpc) is 3.03. The molecule has 2 aromatic heterocycles. The monoisotopic (exact) mass is 465 g/mol. The Kier molecular flexibility index (Phi) is 5.57. The molecule has 1 aliphatic rings. The lowest BCUT2D eigenvalue weighted by Crippen LogP contribution is -2.50. The van der Waals surface area contributed by atoms with Gasteiger partial charge in [0.25, 0.3) is 5.91 Å². The molecule has 3 aromatic rings. The van der Waals surface area contributed by atoms with Crippen molar-refractivity contribution in [1.82, 2.24) is 14.2 Å². The number of pyridine rings is 1. The molecule has 4 rings (SSSR count). The van der Waals surface area contributed by atoms with E-state index in [9.17, 15) is 22.0 Å². The minimum Gasteiger partial charge on any atom is -0.335 e. The quantitative estimate of drug-likeness (QED) is 0.592. The van der Waals surface area contributed by atoms with E-state index in [4.69, 9.17) is 0 Å². The van der Waals surface area contributed by atoms with Crippen LogP contribution >= 0.6 is 11.3 Å². The summed E-state index contributed by atoms with van der Waals surface area (Å²) in [6.45, 7) is 5.96. The molecule has 10 heteroatoms. The van der Waals surface area contributed by atoms with Crippen molar-refractivity contribution in [2.45, 2.75) is 25.7 Å². The molecule has 1 saturated heterocycles. The summed E-state index contributed by atoms with van der Waals surface area (Å²) >= 11 is 1.33. The summed E-state index contributed by atoms with van der Waals surface area (Å²) in [5.74, 6) is -2.44. The maximum atomic E-state index is 14.0. The van der Waals surface area contributed by atoms with Crippen LogP contribution in [0.3, 0.4) is 0 Å². The van der Waals surface area contributed by atoms with Gasteiger partial charge in [0.15, 0.2) is 4.90 Å². The maximum Gasteiger partial charge on any atom is 0.264 e. The molecule has 1 aliphatic heterocycles. The van der Waals surface area contributed by atoms with Gasteiger partial charge in [-0.3, -0.25) is 4.79 Å². The highest BCUT2D eigenvalue weighted by Crippen LogP contribution is 2.33. The van der Waals surface area contributed by atoms with Crippen molar-refractivity contribution < 1.29 is 22.0 Å². The van der Waals surface area contributed by atoms with Gasteiger partial charge in [0.05, 0.1) is 4.88 Å². The molecule has 6 nitrogen and oxygen atoms in total. The number of aryl methyl sites for hydroxylation is 3.